The van der Waals surface area contributed by atoms with Gasteiger partial charge in [-0.25, -0.2) is 22.2 Å². The normalized spacial score (nSPS) is 20.5. The minimum Gasteiger partial charge on any atom is -0.371 e. The van der Waals surface area contributed by atoms with Gasteiger partial charge in [-0.1, -0.05) is 0 Å². The van der Waals surface area contributed by atoms with Crippen molar-refractivity contribution in [1.29, 1.82) is 0 Å². The third-order valence-electron chi connectivity index (χ3n) is 7.68. The SMILES string of the molecule is Cc1cc(NC(=O)c2ccc(NS(C)(=O)=O)cc2N2CCC3(CC2)CC3)nc(N2CCC(F)(F)CC2)c1. The first-order valence-electron chi connectivity index (χ1n) is 12.7. The lowest BCUT2D eigenvalue weighted by molar-refractivity contribution is -0.0221. The van der Waals surface area contributed by atoms with E-state index in [9.17, 15) is 22.0 Å². The zero-order chi connectivity index (χ0) is 26.4. The predicted molar refractivity (Wildman–Crippen MR) is 141 cm³/mol. The van der Waals surface area contributed by atoms with Gasteiger partial charge < -0.3 is 15.1 Å². The molecule has 3 heterocycles. The summed E-state index contributed by atoms with van der Waals surface area (Å²) in [4.78, 5) is 22.0. The van der Waals surface area contributed by atoms with Crippen LogP contribution < -0.4 is 19.8 Å². The molecule has 2 aliphatic heterocycles. The molecule has 1 aromatic carbocycles. The zero-order valence-electron chi connectivity index (χ0n) is 21.2. The van der Waals surface area contributed by atoms with E-state index < -0.39 is 15.9 Å². The molecule has 1 amide bonds. The minimum absolute atomic E-state index is 0.201. The van der Waals surface area contributed by atoms with Crippen molar-refractivity contribution in [1.82, 2.24) is 4.98 Å². The van der Waals surface area contributed by atoms with Crippen molar-refractivity contribution in [2.75, 3.05) is 52.3 Å². The number of piperidine rings is 2. The van der Waals surface area contributed by atoms with Crippen molar-refractivity contribution in [3.05, 3.63) is 41.5 Å². The fraction of sp³-hybridized carbons (Fsp3) is 0.538. The van der Waals surface area contributed by atoms with Gasteiger partial charge in [0.1, 0.15) is 11.6 Å². The molecule has 3 aliphatic rings. The predicted octanol–water partition coefficient (Wildman–Crippen LogP) is 4.63. The molecule has 5 rings (SSSR count). The number of aromatic nitrogens is 1. The Morgan fingerprint density at radius 3 is 2.22 bits per heavy atom. The number of alkyl halides is 2. The van der Waals surface area contributed by atoms with Gasteiger partial charge in [0.2, 0.25) is 10.0 Å². The third-order valence-corrected chi connectivity index (χ3v) is 8.29. The number of hydrogen-bond donors (Lipinski definition) is 2. The van der Waals surface area contributed by atoms with Gasteiger partial charge in [-0.05, 0) is 73.9 Å². The van der Waals surface area contributed by atoms with Gasteiger partial charge in [-0.3, -0.25) is 9.52 Å². The molecule has 1 aliphatic carbocycles. The molecule has 11 heteroatoms. The average Bonchev–Trinajstić information content (AvgIpc) is 3.56. The lowest BCUT2D eigenvalue weighted by Crippen LogP contribution is -2.39. The van der Waals surface area contributed by atoms with E-state index in [-0.39, 0.29) is 31.8 Å². The summed E-state index contributed by atoms with van der Waals surface area (Å²) in [7, 11) is -3.47. The maximum Gasteiger partial charge on any atom is 0.258 e. The highest BCUT2D eigenvalue weighted by atomic mass is 32.2. The summed E-state index contributed by atoms with van der Waals surface area (Å²) in [5, 5.41) is 2.88. The van der Waals surface area contributed by atoms with E-state index in [1.165, 1.54) is 12.8 Å². The topological polar surface area (TPSA) is 94.6 Å². The van der Waals surface area contributed by atoms with Crippen LogP contribution in [0.1, 0.15) is 54.4 Å². The minimum atomic E-state index is -3.47. The van der Waals surface area contributed by atoms with Gasteiger partial charge in [0.15, 0.2) is 0 Å². The van der Waals surface area contributed by atoms with Crippen LogP contribution >= 0.6 is 0 Å². The molecule has 0 atom stereocenters. The molecule has 1 saturated carbocycles. The Balaban J connectivity index is 1.39. The number of amides is 1. The average molecular weight is 534 g/mol. The highest BCUT2D eigenvalue weighted by Crippen LogP contribution is 2.54. The molecule has 3 fully saturated rings. The second kappa shape index (κ2) is 9.41. The van der Waals surface area contributed by atoms with Crippen molar-refractivity contribution in [3.63, 3.8) is 0 Å². The van der Waals surface area contributed by atoms with Crippen LogP contribution in [0.4, 0.5) is 31.8 Å². The van der Waals surface area contributed by atoms with E-state index in [0.717, 1.165) is 37.8 Å². The van der Waals surface area contributed by atoms with E-state index in [0.29, 0.717) is 34.0 Å². The number of nitrogens with one attached hydrogen (secondary N) is 2. The van der Waals surface area contributed by atoms with Crippen molar-refractivity contribution in [2.24, 2.45) is 5.41 Å². The van der Waals surface area contributed by atoms with E-state index in [2.05, 4.69) is 19.9 Å². The summed E-state index contributed by atoms with van der Waals surface area (Å²) in [5.41, 5.74) is 2.80. The molecule has 0 unspecified atom stereocenters. The molecule has 2 saturated heterocycles. The molecule has 37 heavy (non-hydrogen) atoms. The van der Waals surface area contributed by atoms with Crippen LogP contribution in [0.2, 0.25) is 0 Å². The quantitative estimate of drug-likeness (QED) is 0.562. The van der Waals surface area contributed by atoms with Crippen LogP contribution in [0.15, 0.2) is 30.3 Å². The van der Waals surface area contributed by atoms with E-state index in [1.54, 1.807) is 24.3 Å². The lowest BCUT2D eigenvalue weighted by atomic mass is 9.93. The van der Waals surface area contributed by atoms with Crippen molar-refractivity contribution in [2.45, 2.75) is 51.4 Å². The molecule has 0 bridgehead atoms. The van der Waals surface area contributed by atoms with Gasteiger partial charge in [-0.2, -0.15) is 0 Å². The Bertz CT molecular complexity index is 1290. The maximum atomic E-state index is 13.6. The van der Waals surface area contributed by atoms with Gasteiger partial charge in [0.05, 0.1) is 23.2 Å². The summed E-state index contributed by atoms with van der Waals surface area (Å²) < 4.78 is 53.4. The van der Waals surface area contributed by atoms with E-state index in [1.807, 2.05) is 17.9 Å². The van der Waals surface area contributed by atoms with Gasteiger partial charge in [-0.15, -0.1) is 0 Å². The van der Waals surface area contributed by atoms with Gasteiger partial charge in [0, 0.05) is 39.0 Å². The van der Waals surface area contributed by atoms with Crippen LogP contribution in [0.3, 0.4) is 0 Å². The van der Waals surface area contributed by atoms with E-state index in [4.69, 9.17) is 0 Å². The largest absolute Gasteiger partial charge is 0.371 e. The van der Waals surface area contributed by atoms with Crippen LogP contribution in [0, 0.1) is 12.3 Å². The number of benzene rings is 1. The molecule has 2 aromatic rings. The highest BCUT2D eigenvalue weighted by molar-refractivity contribution is 7.92. The number of pyridine rings is 1. The Morgan fingerprint density at radius 2 is 1.59 bits per heavy atom. The molecule has 8 nitrogen and oxygen atoms in total. The number of rotatable bonds is 6. The van der Waals surface area contributed by atoms with Crippen molar-refractivity contribution < 1.29 is 22.0 Å². The molecule has 1 spiro atoms. The van der Waals surface area contributed by atoms with Crippen molar-refractivity contribution >= 4 is 38.9 Å². The highest BCUT2D eigenvalue weighted by Gasteiger charge is 2.44. The number of halogens is 2. The number of aryl methyl sites for hydroxylation is 1. The fourth-order valence-corrected chi connectivity index (χ4v) is 5.84. The van der Waals surface area contributed by atoms with Gasteiger partial charge in [0.25, 0.3) is 11.8 Å². The molecule has 2 N–H and O–H groups in total. The number of carbonyl (C=O) groups excluding carboxylic acids is 1. The molecular formula is C26H33F2N5O3S. The monoisotopic (exact) mass is 533 g/mol. The second-order valence-electron chi connectivity index (χ2n) is 10.8. The summed E-state index contributed by atoms with van der Waals surface area (Å²) in [5.74, 6) is -2.11. The maximum absolute atomic E-state index is 13.6. The standard InChI is InChI=1S/C26H33F2N5O3S/c1-18-15-22(29-23(16-18)33-13-9-26(27,28)10-14-33)30-24(34)20-4-3-19(31-37(2,35)36)17-21(20)32-11-7-25(5-6-25)8-12-32/h3-4,15-17,31H,5-14H2,1-2H3,(H,29,30,34). The Kier molecular flexibility index (Phi) is 6.54. The first kappa shape index (κ1) is 25.7. The molecule has 200 valence electrons. The van der Waals surface area contributed by atoms with E-state index >= 15 is 0 Å². The molecule has 1 aromatic heterocycles. The fourth-order valence-electron chi connectivity index (χ4n) is 5.28. The smallest absolute Gasteiger partial charge is 0.258 e. The first-order valence-corrected chi connectivity index (χ1v) is 14.6. The Hall–Kier alpha value is -2.95. The lowest BCUT2D eigenvalue weighted by Gasteiger charge is -2.35. The van der Waals surface area contributed by atoms with Crippen molar-refractivity contribution in [3.8, 4) is 0 Å². The number of anilines is 4. The number of nitrogens with zero attached hydrogens (tertiary/aromatic N) is 3. The molecular weight excluding hydrogens is 500 g/mol. The first-order chi connectivity index (χ1) is 17.4. The number of hydrogen-bond acceptors (Lipinski definition) is 6. The zero-order valence-corrected chi connectivity index (χ0v) is 22.0. The van der Waals surface area contributed by atoms with Crippen LogP contribution in [-0.2, 0) is 10.0 Å². The molecule has 0 radical (unpaired) electrons. The van der Waals surface area contributed by atoms with Gasteiger partial charge >= 0.3 is 0 Å². The number of carbonyl (C=O) groups is 1. The van der Waals surface area contributed by atoms with Crippen LogP contribution in [0.5, 0.6) is 0 Å². The number of sulfonamides is 1. The van der Waals surface area contributed by atoms with Crippen LogP contribution in [-0.4, -0.2) is 57.7 Å². The summed E-state index contributed by atoms with van der Waals surface area (Å²) >= 11 is 0. The third kappa shape index (κ3) is 6.14. The Labute approximate surface area is 216 Å². The summed E-state index contributed by atoms with van der Waals surface area (Å²) in [6, 6.07) is 8.50. The summed E-state index contributed by atoms with van der Waals surface area (Å²) in [6.45, 7) is 3.88. The summed E-state index contributed by atoms with van der Waals surface area (Å²) in [6.07, 6.45) is 5.25. The second-order valence-corrected chi connectivity index (χ2v) is 12.5. The Morgan fingerprint density at radius 1 is 0.946 bits per heavy atom. The van der Waals surface area contributed by atoms with Crippen LogP contribution in [0.25, 0.3) is 0 Å².